The second kappa shape index (κ2) is 8.46. The van der Waals surface area contributed by atoms with Gasteiger partial charge in [-0.1, -0.05) is 35.9 Å². The Morgan fingerprint density at radius 1 is 1.09 bits per heavy atom. The highest BCUT2D eigenvalue weighted by atomic mass is 16.5. The van der Waals surface area contributed by atoms with Crippen LogP contribution < -0.4 is 10.1 Å². The predicted octanol–water partition coefficient (Wildman–Crippen LogP) is 4.19. The molecule has 1 aromatic heterocycles. The van der Waals surface area contributed by atoms with Gasteiger partial charge in [0.05, 0.1) is 6.42 Å². The third-order valence-electron chi connectivity index (χ3n) is 6.08. The van der Waals surface area contributed by atoms with E-state index < -0.39 is 0 Å². The van der Waals surface area contributed by atoms with Gasteiger partial charge in [0, 0.05) is 31.3 Å². The molecule has 32 heavy (non-hydrogen) atoms. The minimum absolute atomic E-state index is 0.0219. The Hall–Kier alpha value is -3.67. The number of anilines is 1. The Balaban J connectivity index is 1.32. The third-order valence-corrected chi connectivity index (χ3v) is 6.08. The van der Waals surface area contributed by atoms with Gasteiger partial charge in [0.25, 0.3) is 0 Å². The van der Waals surface area contributed by atoms with Crippen LogP contribution in [0.5, 0.6) is 11.5 Å². The molecule has 2 aliphatic heterocycles. The number of benzene rings is 2. The van der Waals surface area contributed by atoms with Gasteiger partial charge in [0.1, 0.15) is 17.3 Å². The van der Waals surface area contributed by atoms with Gasteiger partial charge in [0.15, 0.2) is 0 Å². The van der Waals surface area contributed by atoms with Crippen molar-refractivity contribution in [1.82, 2.24) is 9.88 Å². The summed E-state index contributed by atoms with van der Waals surface area (Å²) in [6.07, 6.45) is 3.94. The monoisotopic (exact) mass is 427 g/mol. The topological polar surface area (TPSA) is 71.5 Å². The van der Waals surface area contributed by atoms with E-state index in [1.165, 1.54) is 11.1 Å². The number of carbonyl (C=O) groups excluding carboxylic acids is 2. The molecular weight excluding hydrogens is 402 g/mol. The van der Waals surface area contributed by atoms with Crippen LogP contribution in [0.4, 0.5) is 5.82 Å². The lowest BCUT2D eigenvalue weighted by Gasteiger charge is -2.29. The highest BCUT2D eigenvalue weighted by Crippen LogP contribution is 2.34. The molecule has 0 saturated heterocycles. The van der Waals surface area contributed by atoms with Crippen molar-refractivity contribution < 1.29 is 14.3 Å². The average Bonchev–Trinajstić information content (AvgIpc) is 2.78. The van der Waals surface area contributed by atoms with Crippen molar-refractivity contribution in [3.63, 3.8) is 0 Å². The van der Waals surface area contributed by atoms with E-state index in [-0.39, 0.29) is 11.8 Å². The van der Waals surface area contributed by atoms with E-state index in [4.69, 9.17) is 4.74 Å². The number of amides is 2. The smallest absolute Gasteiger partial charge is 0.227 e. The van der Waals surface area contributed by atoms with Crippen LogP contribution in [0.15, 0.2) is 54.7 Å². The summed E-state index contributed by atoms with van der Waals surface area (Å²) in [5.41, 5.74) is 5.50. The lowest BCUT2D eigenvalue weighted by atomic mass is 9.98. The van der Waals surface area contributed by atoms with Crippen LogP contribution in [0.3, 0.4) is 0 Å². The zero-order chi connectivity index (χ0) is 22.1. The zero-order valence-corrected chi connectivity index (χ0v) is 18.1. The second-order valence-electron chi connectivity index (χ2n) is 8.45. The standard InChI is InChI=1S/C26H25N3O3/c1-17-3-2-4-18(13-17)14-25(31)29-12-10-19-5-6-21(15-20(19)16-29)32-23-9-11-27-26-22(23)7-8-24(30)28-26/h2-6,9,11,13,15H,7-8,10,12,14,16H2,1H3,(H,27,28,30). The number of nitrogens with zero attached hydrogens (tertiary/aromatic N) is 2. The van der Waals surface area contributed by atoms with Crippen LogP contribution in [0, 0.1) is 6.92 Å². The number of ether oxygens (including phenoxy) is 1. The predicted molar refractivity (Wildman–Crippen MR) is 122 cm³/mol. The summed E-state index contributed by atoms with van der Waals surface area (Å²) in [5.74, 6) is 2.13. The molecule has 3 heterocycles. The van der Waals surface area contributed by atoms with E-state index in [1.807, 2.05) is 48.2 Å². The fraction of sp³-hybridized carbons (Fsp3) is 0.269. The van der Waals surface area contributed by atoms with Crippen LogP contribution in [0.25, 0.3) is 0 Å². The fourth-order valence-electron chi connectivity index (χ4n) is 4.40. The van der Waals surface area contributed by atoms with Crippen molar-refractivity contribution in [3.05, 3.63) is 82.5 Å². The van der Waals surface area contributed by atoms with Gasteiger partial charge in [-0.05, 0) is 54.7 Å². The lowest BCUT2D eigenvalue weighted by molar-refractivity contribution is -0.131. The fourth-order valence-corrected chi connectivity index (χ4v) is 4.40. The molecule has 0 saturated carbocycles. The Morgan fingerprint density at radius 3 is 2.88 bits per heavy atom. The number of carbonyl (C=O) groups is 2. The maximum absolute atomic E-state index is 12.9. The largest absolute Gasteiger partial charge is 0.457 e. The quantitative estimate of drug-likeness (QED) is 0.678. The molecule has 2 aromatic carbocycles. The van der Waals surface area contributed by atoms with Crippen LogP contribution >= 0.6 is 0 Å². The van der Waals surface area contributed by atoms with Gasteiger partial charge in [-0.15, -0.1) is 0 Å². The van der Waals surface area contributed by atoms with Crippen molar-refractivity contribution in [2.24, 2.45) is 0 Å². The average molecular weight is 428 g/mol. The molecule has 0 atom stereocenters. The number of aromatic nitrogens is 1. The van der Waals surface area contributed by atoms with E-state index >= 15 is 0 Å². The van der Waals surface area contributed by atoms with E-state index in [2.05, 4.69) is 22.4 Å². The van der Waals surface area contributed by atoms with E-state index in [0.717, 1.165) is 35.4 Å². The van der Waals surface area contributed by atoms with E-state index in [1.54, 1.807) is 6.20 Å². The summed E-state index contributed by atoms with van der Waals surface area (Å²) >= 11 is 0. The van der Waals surface area contributed by atoms with Crippen molar-refractivity contribution in [2.45, 2.75) is 39.2 Å². The van der Waals surface area contributed by atoms with Crippen molar-refractivity contribution in [1.29, 1.82) is 0 Å². The Bertz CT molecular complexity index is 1200. The molecule has 6 heteroatoms. The molecule has 162 valence electrons. The van der Waals surface area contributed by atoms with Gasteiger partial charge in [-0.25, -0.2) is 4.98 Å². The van der Waals surface area contributed by atoms with Gasteiger partial charge >= 0.3 is 0 Å². The van der Waals surface area contributed by atoms with Crippen LogP contribution in [-0.2, 0) is 35.4 Å². The first-order chi connectivity index (χ1) is 15.5. The summed E-state index contributed by atoms with van der Waals surface area (Å²) in [6.45, 7) is 3.36. The van der Waals surface area contributed by atoms with Gasteiger partial charge in [-0.2, -0.15) is 0 Å². The maximum atomic E-state index is 12.9. The number of hydrogen-bond donors (Lipinski definition) is 1. The second-order valence-corrected chi connectivity index (χ2v) is 8.45. The molecule has 2 amide bonds. The summed E-state index contributed by atoms with van der Waals surface area (Å²) in [7, 11) is 0. The minimum atomic E-state index is -0.0219. The SMILES string of the molecule is Cc1cccc(CC(=O)N2CCc3ccc(Oc4ccnc5c4CCC(=O)N5)cc3C2)c1. The number of hydrogen-bond acceptors (Lipinski definition) is 4. The molecule has 0 spiro atoms. The van der Waals surface area contributed by atoms with Crippen LogP contribution in [-0.4, -0.2) is 28.2 Å². The van der Waals surface area contributed by atoms with E-state index in [9.17, 15) is 9.59 Å². The summed E-state index contributed by atoms with van der Waals surface area (Å²) in [5, 5.41) is 2.80. The van der Waals surface area contributed by atoms with Crippen LogP contribution in [0.2, 0.25) is 0 Å². The first-order valence-corrected chi connectivity index (χ1v) is 11.0. The molecule has 1 N–H and O–H groups in total. The first-order valence-electron chi connectivity index (χ1n) is 11.0. The minimum Gasteiger partial charge on any atom is -0.457 e. The molecule has 0 aliphatic carbocycles. The highest BCUT2D eigenvalue weighted by Gasteiger charge is 2.23. The zero-order valence-electron chi connectivity index (χ0n) is 18.1. The van der Waals surface area contributed by atoms with Crippen molar-refractivity contribution >= 4 is 17.6 Å². The number of pyridine rings is 1. The molecule has 5 rings (SSSR count). The molecule has 0 bridgehead atoms. The number of fused-ring (bicyclic) bond motifs is 2. The Morgan fingerprint density at radius 2 is 2.00 bits per heavy atom. The third kappa shape index (κ3) is 4.21. The van der Waals surface area contributed by atoms with E-state index in [0.29, 0.717) is 37.4 Å². The summed E-state index contributed by atoms with van der Waals surface area (Å²) in [6, 6.07) is 16.0. The number of aryl methyl sites for hydroxylation is 1. The Labute approximate surface area is 187 Å². The number of rotatable bonds is 4. The molecule has 0 fully saturated rings. The van der Waals surface area contributed by atoms with Gasteiger partial charge < -0.3 is 15.0 Å². The maximum Gasteiger partial charge on any atom is 0.227 e. The lowest BCUT2D eigenvalue weighted by Crippen LogP contribution is -2.36. The first kappa shape index (κ1) is 20.2. The molecule has 0 unspecified atom stereocenters. The molecule has 3 aromatic rings. The summed E-state index contributed by atoms with van der Waals surface area (Å²) < 4.78 is 6.19. The number of nitrogens with one attached hydrogen (secondary N) is 1. The van der Waals surface area contributed by atoms with Crippen molar-refractivity contribution in [3.8, 4) is 11.5 Å². The Kier molecular flexibility index (Phi) is 5.35. The molecule has 2 aliphatic rings. The molecule has 6 nitrogen and oxygen atoms in total. The highest BCUT2D eigenvalue weighted by molar-refractivity contribution is 5.93. The van der Waals surface area contributed by atoms with Gasteiger partial charge in [0.2, 0.25) is 11.8 Å². The molecule has 0 radical (unpaired) electrons. The van der Waals surface area contributed by atoms with Gasteiger partial charge in [-0.3, -0.25) is 9.59 Å². The normalized spacial score (nSPS) is 14.9. The van der Waals surface area contributed by atoms with Crippen molar-refractivity contribution in [2.75, 3.05) is 11.9 Å². The molecular formula is C26H25N3O3. The van der Waals surface area contributed by atoms with Crippen LogP contribution in [0.1, 0.15) is 34.2 Å². The summed E-state index contributed by atoms with van der Waals surface area (Å²) in [4.78, 5) is 30.7.